The van der Waals surface area contributed by atoms with Crippen molar-refractivity contribution in [1.29, 1.82) is 0 Å². The van der Waals surface area contributed by atoms with Gasteiger partial charge in [0.15, 0.2) is 0 Å². The monoisotopic (exact) mass is 495 g/mol. The Morgan fingerprint density at radius 3 is 2.63 bits per heavy atom. The Kier molecular flexibility index (Phi) is 9.42. The highest BCUT2D eigenvalue weighted by Crippen LogP contribution is 2.21. The Morgan fingerprint density at radius 2 is 2.07 bits per heavy atom. The van der Waals surface area contributed by atoms with Gasteiger partial charge in [-0.2, -0.15) is 12.6 Å². The van der Waals surface area contributed by atoms with Crippen LogP contribution in [-0.2, 0) is 13.0 Å². The fraction of sp³-hybridized carbons (Fsp3) is 0.500. The lowest BCUT2D eigenvalue weighted by Gasteiger charge is -2.19. The Labute approximate surface area is 192 Å². The molecule has 0 saturated carbocycles. The van der Waals surface area contributed by atoms with E-state index in [2.05, 4.69) is 59.6 Å². The molecule has 1 heterocycles. The Hall–Kier alpha value is -1.80. The van der Waals surface area contributed by atoms with E-state index in [-0.39, 0.29) is 17.5 Å². The lowest BCUT2D eigenvalue weighted by atomic mass is 10.1. The molecule has 6 nitrogen and oxygen atoms in total. The van der Waals surface area contributed by atoms with Gasteiger partial charge < -0.3 is 15.0 Å². The van der Waals surface area contributed by atoms with Crippen LogP contribution in [0.3, 0.4) is 0 Å². The number of aromatic carboxylic acids is 1. The van der Waals surface area contributed by atoms with Crippen molar-refractivity contribution in [3.8, 4) is 0 Å². The summed E-state index contributed by atoms with van der Waals surface area (Å²) in [5, 5.41) is 12.3. The second kappa shape index (κ2) is 11.6. The number of amides is 1. The third-order valence-electron chi connectivity index (χ3n) is 4.84. The number of carboxylic acids is 1. The zero-order chi connectivity index (χ0) is 22.3. The first-order valence-corrected chi connectivity index (χ1v) is 11.7. The van der Waals surface area contributed by atoms with Gasteiger partial charge >= 0.3 is 5.97 Å². The molecule has 164 valence electrons. The van der Waals surface area contributed by atoms with Crippen molar-refractivity contribution >= 4 is 40.4 Å². The number of hydrogen-bond donors (Lipinski definition) is 3. The van der Waals surface area contributed by atoms with Crippen molar-refractivity contribution in [2.75, 3.05) is 5.75 Å². The summed E-state index contributed by atoms with van der Waals surface area (Å²) in [6.07, 6.45) is 5.28. The predicted octanol–water partition coefficient (Wildman–Crippen LogP) is 4.81. The molecular formula is C22H30BrN3O3S. The molecule has 30 heavy (non-hydrogen) atoms. The molecule has 1 amide bonds. The third-order valence-corrected chi connectivity index (χ3v) is 5.94. The quantitative estimate of drug-likeness (QED) is 0.390. The number of benzene rings is 1. The molecule has 0 aliphatic rings. The van der Waals surface area contributed by atoms with Gasteiger partial charge in [-0.25, -0.2) is 9.78 Å². The Balaban J connectivity index is 2.32. The van der Waals surface area contributed by atoms with E-state index in [1.165, 1.54) is 0 Å². The second-order valence-corrected chi connectivity index (χ2v) is 9.07. The van der Waals surface area contributed by atoms with Gasteiger partial charge in [0.2, 0.25) is 0 Å². The fourth-order valence-corrected chi connectivity index (χ4v) is 4.16. The molecular weight excluding hydrogens is 466 g/mol. The van der Waals surface area contributed by atoms with Crippen LogP contribution in [-0.4, -0.2) is 38.3 Å². The highest BCUT2D eigenvalue weighted by molar-refractivity contribution is 9.10. The lowest BCUT2D eigenvalue weighted by molar-refractivity contribution is 0.0695. The molecule has 0 aliphatic carbocycles. The van der Waals surface area contributed by atoms with E-state index >= 15 is 0 Å². The standard InChI is InChI=1S/C22H30BrN3O3S/c1-4-5-6-20-24-11-19(21(27)25-16(13-30)9-14(2)3)26(20)12-15-7-8-17(22(28)29)18(23)10-15/h7-8,10-11,14,16,30H,4-6,9,12-13H2,1-3H3,(H,25,27)(H,28,29)/t16-/m1/s1. The second-order valence-electron chi connectivity index (χ2n) is 7.85. The van der Waals surface area contributed by atoms with Crippen LogP contribution in [0.4, 0.5) is 0 Å². The molecule has 0 spiro atoms. The summed E-state index contributed by atoms with van der Waals surface area (Å²) in [6.45, 7) is 6.80. The predicted molar refractivity (Wildman–Crippen MR) is 126 cm³/mol. The number of unbranched alkanes of at least 4 members (excludes halogenated alkanes) is 1. The van der Waals surface area contributed by atoms with Gasteiger partial charge in [-0.05, 0) is 52.4 Å². The van der Waals surface area contributed by atoms with Crippen LogP contribution in [0.5, 0.6) is 0 Å². The maximum atomic E-state index is 13.0. The van der Waals surface area contributed by atoms with Gasteiger partial charge in [-0.3, -0.25) is 4.79 Å². The van der Waals surface area contributed by atoms with Gasteiger partial charge in [-0.1, -0.05) is 33.3 Å². The first-order chi connectivity index (χ1) is 14.3. The molecule has 0 bridgehead atoms. The molecule has 0 saturated heterocycles. The number of thiol groups is 1. The van der Waals surface area contributed by atoms with E-state index in [1.807, 2.05) is 4.57 Å². The molecule has 2 aromatic rings. The number of aryl methyl sites for hydroxylation is 1. The number of halogens is 1. The molecule has 0 unspecified atom stereocenters. The summed E-state index contributed by atoms with van der Waals surface area (Å²) in [4.78, 5) is 28.8. The third kappa shape index (κ3) is 6.60. The van der Waals surface area contributed by atoms with Crippen LogP contribution < -0.4 is 5.32 Å². The molecule has 1 atom stereocenters. The lowest BCUT2D eigenvalue weighted by Crippen LogP contribution is -2.38. The summed E-state index contributed by atoms with van der Waals surface area (Å²) in [5.74, 6) is 0.739. The Morgan fingerprint density at radius 1 is 1.33 bits per heavy atom. The number of hydrogen-bond acceptors (Lipinski definition) is 4. The molecule has 2 N–H and O–H groups in total. The van der Waals surface area contributed by atoms with Crippen LogP contribution in [0.15, 0.2) is 28.9 Å². The first kappa shape index (κ1) is 24.5. The zero-order valence-electron chi connectivity index (χ0n) is 17.7. The van der Waals surface area contributed by atoms with Crippen LogP contribution in [0.2, 0.25) is 0 Å². The fourth-order valence-electron chi connectivity index (χ4n) is 3.33. The van der Waals surface area contributed by atoms with Crippen molar-refractivity contribution in [3.63, 3.8) is 0 Å². The zero-order valence-corrected chi connectivity index (χ0v) is 20.2. The van der Waals surface area contributed by atoms with E-state index in [0.29, 0.717) is 28.4 Å². The minimum Gasteiger partial charge on any atom is -0.478 e. The number of rotatable bonds is 11. The van der Waals surface area contributed by atoms with Crippen molar-refractivity contribution in [3.05, 3.63) is 51.5 Å². The minimum atomic E-state index is -0.984. The van der Waals surface area contributed by atoms with E-state index < -0.39 is 5.97 Å². The molecule has 1 aromatic carbocycles. The van der Waals surface area contributed by atoms with Crippen molar-refractivity contribution in [2.24, 2.45) is 5.92 Å². The average molecular weight is 496 g/mol. The van der Waals surface area contributed by atoms with E-state index in [0.717, 1.165) is 37.1 Å². The van der Waals surface area contributed by atoms with Crippen LogP contribution in [0.1, 0.15) is 72.3 Å². The molecule has 2 rings (SSSR count). The summed E-state index contributed by atoms with van der Waals surface area (Å²) >= 11 is 7.71. The molecule has 0 aliphatic heterocycles. The van der Waals surface area contributed by atoms with Crippen molar-refractivity contribution in [1.82, 2.24) is 14.9 Å². The largest absolute Gasteiger partial charge is 0.478 e. The number of carboxylic acid groups (broad SMARTS) is 1. The van der Waals surface area contributed by atoms with Gasteiger partial charge in [0.05, 0.1) is 11.8 Å². The van der Waals surface area contributed by atoms with Gasteiger partial charge in [0, 0.05) is 29.2 Å². The number of aromatic nitrogens is 2. The smallest absolute Gasteiger partial charge is 0.336 e. The van der Waals surface area contributed by atoms with Crippen molar-refractivity contribution < 1.29 is 14.7 Å². The van der Waals surface area contributed by atoms with Crippen LogP contribution >= 0.6 is 28.6 Å². The van der Waals surface area contributed by atoms with Crippen LogP contribution in [0, 0.1) is 5.92 Å². The topological polar surface area (TPSA) is 84.2 Å². The van der Waals surface area contributed by atoms with Gasteiger partial charge in [-0.15, -0.1) is 0 Å². The summed E-state index contributed by atoms with van der Waals surface area (Å²) in [7, 11) is 0. The SMILES string of the molecule is CCCCc1ncc(C(=O)N[C@@H](CS)CC(C)C)n1Cc1ccc(C(=O)O)c(Br)c1. The number of nitrogens with one attached hydrogen (secondary N) is 1. The van der Waals surface area contributed by atoms with Gasteiger partial charge in [0.25, 0.3) is 5.91 Å². The van der Waals surface area contributed by atoms with E-state index in [1.54, 1.807) is 24.4 Å². The summed E-state index contributed by atoms with van der Waals surface area (Å²) in [6, 6.07) is 5.12. The summed E-state index contributed by atoms with van der Waals surface area (Å²) < 4.78 is 2.44. The first-order valence-electron chi connectivity index (χ1n) is 10.2. The number of imidazole rings is 1. The number of carbonyl (C=O) groups excluding carboxylic acids is 1. The highest BCUT2D eigenvalue weighted by atomic mass is 79.9. The van der Waals surface area contributed by atoms with E-state index in [4.69, 9.17) is 0 Å². The minimum absolute atomic E-state index is 0.00716. The molecule has 8 heteroatoms. The maximum Gasteiger partial charge on any atom is 0.336 e. The Bertz CT molecular complexity index is 883. The highest BCUT2D eigenvalue weighted by Gasteiger charge is 2.20. The number of carbonyl (C=O) groups is 2. The molecule has 1 aromatic heterocycles. The molecule has 0 fully saturated rings. The van der Waals surface area contributed by atoms with E-state index in [9.17, 15) is 14.7 Å². The summed E-state index contributed by atoms with van der Waals surface area (Å²) in [5.41, 5.74) is 1.61. The van der Waals surface area contributed by atoms with Crippen molar-refractivity contribution in [2.45, 2.75) is 59.0 Å². The maximum absolute atomic E-state index is 13.0. The normalized spacial score (nSPS) is 12.2. The van der Waals surface area contributed by atoms with Gasteiger partial charge in [0.1, 0.15) is 11.5 Å². The van der Waals surface area contributed by atoms with Crippen LogP contribution in [0.25, 0.3) is 0 Å². The molecule has 0 radical (unpaired) electrons. The average Bonchev–Trinajstić information content (AvgIpc) is 3.07. The number of nitrogens with zero attached hydrogens (tertiary/aromatic N) is 2.